The predicted octanol–water partition coefficient (Wildman–Crippen LogP) is 3.51. The highest BCUT2D eigenvalue weighted by Gasteiger charge is 2.20. The molecule has 30 heavy (non-hydrogen) atoms. The normalized spacial score (nSPS) is 11.6. The van der Waals surface area contributed by atoms with Gasteiger partial charge in [-0.05, 0) is 25.1 Å². The molecule has 0 bridgehead atoms. The second-order valence-electron chi connectivity index (χ2n) is 6.24. The SMILES string of the molecule is COc1ccc(CC(=O)O[C@@H](C)c2nnc(-c3ccc([N+](=O)[O-])cc3)o2)c(OC)c1. The van der Waals surface area contributed by atoms with Crippen LogP contribution in [0.5, 0.6) is 11.5 Å². The van der Waals surface area contributed by atoms with Gasteiger partial charge in [0.2, 0.25) is 5.89 Å². The van der Waals surface area contributed by atoms with E-state index in [9.17, 15) is 14.9 Å². The second-order valence-corrected chi connectivity index (χ2v) is 6.24. The van der Waals surface area contributed by atoms with Crippen LogP contribution in [0.25, 0.3) is 11.5 Å². The molecule has 0 N–H and O–H groups in total. The molecule has 0 unspecified atom stereocenters. The third-order valence-electron chi connectivity index (χ3n) is 4.25. The lowest BCUT2D eigenvalue weighted by atomic mass is 10.1. The first-order valence-electron chi connectivity index (χ1n) is 8.90. The summed E-state index contributed by atoms with van der Waals surface area (Å²) in [5.74, 6) is 0.901. The van der Waals surface area contributed by atoms with Crippen molar-refractivity contribution in [1.29, 1.82) is 0 Å². The topological polar surface area (TPSA) is 127 Å². The molecule has 3 aromatic rings. The Kier molecular flexibility index (Phi) is 6.26. The summed E-state index contributed by atoms with van der Waals surface area (Å²) in [6, 6.07) is 10.8. The number of methoxy groups -OCH3 is 2. The fourth-order valence-electron chi connectivity index (χ4n) is 2.68. The van der Waals surface area contributed by atoms with Gasteiger partial charge in [0.25, 0.3) is 11.6 Å². The minimum atomic E-state index is -0.777. The van der Waals surface area contributed by atoms with E-state index in [1.54, 1.807) is 32.2 Å². The van der Waals surface area contributed by atoms with Crippen LogP contribution in [0.15, 0.2) is 46.9 Å². The van der Waals surface area contributed by atoms with Crippen molar-refractivity contribution in [3.63, 3.8) is 0 Å². The Morgan fingerprint density at radius 3 is 2.50 bits per heavy atom. The number of hydrogen-bond acceptors (Lipinski definition) is 9. The van der Waals surface area contributed by atoms with E-state index in [2.05, 4.69) is 10.2 Å². The first-order valence-corrected chi connectivity index (χ1v) is 8.90. The number of aromatic nitrogens is 2. The van der Waals surface area contributed by atoms with Crippen molar-refractivity contribution in [1.82, 2.24) is 10.2 Å². The van der Waals surface area contributed by atoms with Crippen LogP contribution in [-0.4, -0.2) is 35.3 Å². The second kappa shape index (κ2) is 9.03. The number of nitrogens with zero attached hydrogens (tertiary/aromatic N) is 3. The summed E-state index contributed by atoms with van der Waals surface area (Å²) in [4.78, 5) is 22.6. The van der Waals surface area contributed by atoms with Crippen LogP contribution in [0.1, 0.15) is 24.5 Å². The van der Waals surface area contributed by atoms with E-state index in [-0.39, 0.29) is 23.9 Å². The molecule has 1 heterocycles. The van der Waals surface area contributed by atoms with Crippen LogP contribution in [0.3, 0.4) is 0 Å². The number of esters is 1. The Labute approximate surface area is 171 Å². The summed E-state index contributed by atoms with van der Waals surface area (Å²) in [6.45, 7) is 1.61. The molecule has 1 aromatic heterocycles. The lowest BCUT2D eigenvalue weighted by molar-refractivity contribution is -0.384. The third kappa shape index (κ3) is 4.72. The third-order valence-corrected chi connectivity index (χ3v) is 4.25. The van der Waals surface area contributed by atoms with E-state index in [1.165, 1.54) is 31.4 Å². The summed E-state index contributed by atoms with van der Waals surface area (Å²) in [7, 11) is 3.05. The zero-order valence-electron chi connectivity index (χ0n) is 16.5. The van der Waals surface area contributed by atoms with E-state index in [0.29, 0.717) is 22.6 Å². The Bertz CT molecular complexity index is 1050. The largest absolute Gasteiger partial charge is 0.497 e. The lowest BCUT2D eigenvalue weighted by Crippen LogP contribution is -2.12. The molecule has 2 aromatic carbocycles. The fraction of sp³-hybridized carbons (Fsp3) is 0.250. The predicted molar refractivity (Wildman–Crippen MR) is 104 cm³/mol. The van der Waals surface area contributed by atoms with Gasteiger partial charge in [-0.15, -0.1) is 10.2 Å². The lowest BCUT2D eigenvalue weighted by Gasteiger charge is -2.12. The van der Waals surface area contributed by atoms with Gasteiger partial charge in [0, 0.05) is 29.3 Å². The summed E-state index contributed by atoms with van der Waals surface area (Å²) >= 11 is 0. The monoisotopic (exact) mass is 413 g/mol. The van der Waals surface area contributed by atoms with Gasteiger partial charge < -0.3 is 18.6 Å². The molecule has 0 saturated heterocycles. The van der Waals surface area contributed by atoms with Crippen LogP contribution in [0, 0.1) is 10.1 Å². The van der Waals surface area contributed by atoms with Crippen molar-refractivity contribution in [2.45, 2.75) is 19.4 Å². The van der Waals surface area contributed by atoms with Crippen molar-refractivity contribution in [3.8, 4) is 23.0 Å². The van der Waals surface area contributed by atoms with E-state index >= 15 is 0 Å². The highest BCUT2D eigenvalue weighted by Crippen LogP contribution is 2.27. The van der Waals surface area contributed by atoms with Gasteiger partial charge in [-0.1, -0.05) is 6.07 Å². The van der Waals surface area contributed by atoms with Crippen molar-refractivity contribution < 1.29 is 28.3 Å². The number of non-ortho nitro benzene ring substituents is 1. The fourth-order valence-corrected chi connectivity index (χ4v) is 2.68. The maximum Gasteiger partial charge on any atom is 0.311 e. The maximum atomic E-state index is 12.3. The van der Waals surface area contributed by atoms with Crippen molar-refractivity contribution in [2.24, 2.45) is 0 Å². The highest BCUT2D eigenvalue weighted by atomic mass is 16.6. The maximum absolute atomic E-state index is 12.3. The first-order chi connectivity index (χ1) is 14.4. The first kappa shape index (κ1) is 20.8. The van der Waals surface area contributed by atoms with Crippen molar-refractivity contribution in [3.05, 3.63) is 64.0 Å². The number of carbonyl (C=O) groups excluding carboxylic acids is 1. The number of carbonyl (C=O) groups is 1. The summed E-state index contributed by atoms with van der Waals surface area (Å²) in [6.07, 6.45) is -0.790. The molecule has 0 fully saturated rings. The molecule has 0 amide bonds. The average Bonchev–Trinajstić information content (AvgIpc) is 3.24. The molecule has 10 nitrogen and oxygen atoms in total. The minimum Gasteiger partial charge on any atom is -0.497 e. The molecule has 0 aliphatic carbocycles. The number of ether oxygens (including phenoxy) is 3. The zero-order chi connectivity index (χ0) is 21.7. The molecule has 10 heteroatoms. The smallest absolute Gasteiger partial charge is 0.311 e. The van der Waals surface area contributed by atoms with Crippen LogP contribution in [-0.2, 0) is 16.0 Å². The minimum absolute atomic E-state index is 0.0130. The standard InChI is InChI=1S/C20H19N3O7/c1-12(29-18(24)10-14-6-9-16(27-2)11-17(14)28-3)19-21-22-20(30-19)13-4-7-15(8-5-13)23(25)26/h4-9,11-12H,10H2,1-3H3/t12-/m0/s1. The number of nitro benzene ring substituents is 1. The average molecular weight is 413 g/mol. The molecule has 3 rings (SSSR count). The van der Waals surface area contributed by atoms with Gasteiger partial charge in [0.05, 0.1) is 25.6 Å². The van der Waals surface area contributed by atoms with Crippen molar-refractivity contribution in [2.75, 3.05) is 14.2 Å². The Morgan fingerprint density at radius 1 is 1.13 bits per heavy atom. The van der Waals surface area contributed by atoms with Gasteiger partial charge in [0.15, 0.2) is 6.10 Å². The molecule has 0 aliphatic heterocycles. The molecule has 0 spiro atoms. The van der Waals surface area contributed by atoms with Gasteiger partial charge in [-0.2, -0.15) is 0 Å². The molecule has 0 saturated carbocycles. The van der Waals surface area contributed by atoms with E-state index in [4.69, 9.17) is 18.6 Å². The Hall–Kier alpha value is -3.95. The Morgan fingerprint density at radius 2 is 1.87 bits per heavy atom. The van der Waals surface area contributed by atoms with Crippen LogP contribution < -0.4 is 9.47 Å². The van der Waals surface area contributed by atoms with E-state index < -0.39 is 17.0 Å². The van der Waals surface area contributed by atoms with Gasteiger partial charge in [-0.25, -0.2) is 0 Å². The number of hydrogen-bond donors (Lipinski definition) is 0. The van der Waals surface area contributed by atoms with Crippen LogP contribution >= 0.6 is 0 Å². The Balaban J connectivity index is 1.66. The quantitative estimate of drug-likeness (QED) is 0.309. The molecule has 0 radical (unpaired) electrons. The molecular weight excluding hydrogens is 394 g/mol. The molecule has 1 atom stereocenters. The van der Waals surface area contributed by atoms with Gasteiger partial charge in [0.1, 0.15) is 11.5 Å². The van der Waals surface area contributed by atoms with Gasteiger partial charge >= 0.3 is 5.97 Å². The van der Waals surface area contributed by atoms with E-state index in [0.717, 1.165) is 0 Å². The highest BCUT2D eigenvalue weighted by molar-refractivity contribution is 5.74. The summed E-state index contributed by atoms with van der Waals surface area (Å²) < 4.78 is 21.4. The van der Waals surface area contributed by atoms with E-state index in [1.807, 2.05) is 0 Å². The molecule has 156 valence electrons. The van der Waals surface area contributed by atoms with Gasteiger partial charge in [-0.3, -0.25) is 14.9 Å². The summed E-state index contributed by atoms with van der Waals surface area (Å²) in [5, 5.41) is 18.5. The molecular formula is C20H19N3O7. The summed E-state index contributed by atoms with van der Waals surface area (Å²) in [5.41, 5.74) is 1.11. The zero-order valence-corrected chi connectivity index (χ0v) is 16.5. The number of nitro groups is 1. The van der Waals surface area contributed by atoms with Crippen molar-refractivity contribution >= 4 is 11.7 Å². The van der Waals surface area contributed by atoms with Crippen LogP contribution in [0.2, 0.25) is 0 Å². The number of rotatable bonds is 8. The molecule has 0 aliphatic rings. The number of benzene rings is 2. The van der Waals surface area contributed by atoms with Crippen LogP contribution in [0.4, 0.5) is 5.69 Å².